The van der Waals surface area contributed by atoms with E-state index in [4.69, 9.17) is 0 Å². The maximum absolute atomic E-state index is 2.67. The van der Waals surface area contributed by atoms with Crippen LogP contribution in [0.2, 0.25) is 0 Å². The smallest absolute Gasteiger partial charge is 0.0262 e. The lowest BCUT2D eigenvalue weighted by molar-refractivity contribution is 0.261. The number of likely N-dealkylation sites (tertiary alicyclic amines) is 1. The maximum atomic E-state index is 2.67. The van der Waals surface area contributed by atoms with Crippen molar-refractivity contribution in [2.24, 2.45) is 0 Å². The average Bonchev–Trinajstić information content (AvgIpc) is 2.48. The summed E-state index contributed by atoms with van der Waals surface area (Å²) in [4.78, 5) is 2.67. The molecule has 1 heteroatoms. The Labute approximate surface area is 81.8 Å². The van der Waals surface area contributed by atoms with Crippen LogP contribution in [0.25, 0.3) is 0 Å². The molecule has 2 rings (SSSR count). The third-order valence-electron chi connectivity index (χ3n) is 3.55. The van der Waals surface area contributed by atoms with Gasteiger partial charge < -0.3 is 4.90 Å². The summed E-state index contributed by atoms with van der Waals surface area (Å²) in [7, 11) is 0. The van der Waals surface area contributed by atoms with Crippen LogP contribution in [0, 0.1) is 0 Å². The minimum absolute atomic E-state index is 0.791. The number of nitrogens with zero attached hydrogens (tertiary/aromatic N) is 1. The van der Waals surface area contributed by atoms with Crippen LogP contribution in [-0.4, -0.2) is 17.0 Å². The van der Waals surface area contributed by atoms with Gasteiger partial charge in [0, 0.05) is 17.8 Å². The van der Waals surface area contributed by atoms with Gasteiger partial charge in [-0.15, -0.1) is 0 Å². The predicted octanol–water partition coefficient (Wildman–Crippen LogP) is 3.32. The second-order valence-corrected chi connectivity index (χ2v) is 4.62. The van der Waals surface area contributed by atoms with E-state index in [1.807, 2.05) is 0 Å². The highest BCUT2D eigenvalue weighted by molar-refractivity contribution is 5.09. The third kappa shape index (κ3) is 1.74. The molecule has 0 unspecified atom stereocenters. The van der Waals surface area contributed by atoms with Crippen molar-refractivity contribution in [3.05, 3.63) is 11.8 Å². The summed E-state index contributed by atoms with van der Waals surface area (Å²) in [6, 6.07) is 1.58. The van der Waals surface area contributed by atoms with Crippen LogP contribution in [-0.2, 0) is 0 Å². The minimum Gasteiger partial charge on any atom is -0.370 e. The normalized spacial score (nSPS) is 34.9. The lowest BCUT2D eigenvalue weighted by Gasteiger charge is -2.33. The van der Waals surface area contributed by atoms with E-state index in [9.17, 15) is 0 Å². The Morgan fingerprint density at radius 3 is 2.38 bits per heavy atom. The zero-order valence-electron chi connectivity index (χ0n) is 8.92. The van der Waals surface area contributed by atoms with Gasteiger partial charge in [-0.2, -0.15) is 0 Å². The quantitative estimate of drug-likeness (QED) is 0.597. The lowest BCUT2D eigenvalue weighted by Crippen LogP contribution is -2.32. The molecule has 1 fully saturated rings. The molecule has 13 heavy (non-hydrogen) atoms. The first-order chi connectivity index (χ1) is 6.29. The minimum atomic E-state index is 0.791. The fourth-order valence-electron chi connectivity index (χ4n) is 2.82. The molecule has 2 atom stereocenters. The SMILES string of the molecule is C[C@H]1CC[C@H](C)N1C1=CCCCC1. The Balaban J connectivity index is 2.09. The molecule has 2 aliphatic rings. The molecule has 0 aromatic rings. The fourth-order valence-corrected chi connectivity index (χ4v) is 2.82. The van der Waals surface area contributed by atoms with Crippen molar-refractivity contribution in [1.82, 2.24) is 4.90 Å². The molecule has 0 radical (unpaired) electrons. The van der Waals surface area contributed by atoms with E-state index >= 15 is 0 Å². The van der Waals surface area contributed by atoms with E-state index in [-0.39, 0.29) is 0 Å². The van der Waals surface area contributed by atoms with Gasteiger partial charge in [-0.1, -0.05) is 6.08 Å². The van der Waals surface area contributed by atoms with Gasteiger partial charge in [0.25, 0.3) is 0 Å². The van der Waals surface area contributed by atoms with Gasteiger partial charge in [0.05, 0.1) is 0 Å². The number of hydrogen-bond donors (Lipinski definition) is 0. The van der Waals surface area contributed by atoms with Crippen molar-refractivity contribution < 1.29 is 0 Å². The molecule has 0 saturated carbocycles. The van der Waals surface area contributed by atoms with E-state index in [0.717, 1.165) is 12.1 Å². The van der Waals surface area contributed by atoms with Crippen molar-refractivity contribution >= 4 is 0 Å². The monoisotopic (exact) mass is 179 g/mol. The van der Waals surface area contributed by atoms with Crippen molar-refractivity contribution in [3.8, 4) is 0 Å². The van der Waals surface area contributed by atoms with Gasteiger partial charge in [-0.05, 0) is 52.4 Å². The van der Waals surface area contributed by atoms with Gasteiger partial charge in [-0.25, -0.2) is 0 Å². The van der Waals surface area contributed by atoms with Gasteiger partial charge in [0.15, 0.2) is 0 Å². The second kappa shape index (κ2) is 3.73. The highest BCUT2D eigenvalue weighted by Crippen LogP contribution is 2.32. The molecule has 0 aromatic carbocycles. The molecule has 0 spiro atoms. The van der Waals surface area contributed by atoms with Crippen molar-refractivity contribution in [3.63, 3.8) is 0 Å². The topological polar surface area (TPSA) is 3.24 Å². The van der Waals surface area contributed by atoms with Crippen LogP contribution in [0.4, 0.5) is 0 Å². The molecule has 1 aliphatic heterocycles. The first-order valence-corrected chi connectivity index (χ1v) is 5.76. The standard InChI is InChI=1S/C12H21N/c1-10-8-9-11(2)13(10)12-6-4-3-5-7-12/h6,10-11H,3-5,7-9H2,1-2H3/t10-,11-/m0/s1. The zero-order valence-corrected chi connectivity index (χ0v) is 8.92. The van der Waals surface area contributed by atoms with Crippen molar-refractivity contribution in [1.29, 1.82) is 0 Å². The summed E-state index contributed by atoms with van der Waals surface area (Å²) in [5.74, 6) is 0. The van der Waals surface area contributed by atoms with Gasteiger partial charge in [0.2, 0.25) is 0 Å². The number of rotatable bonds is 1. The van der Waals surface area contributed by atoms with E-state index in [2.05, 4.69) is 24.8 Å². The lowest BCUT2D eigenvalue weighted by atomic mass is 10.0. The van der Waals surface area contributed by atoms with Gasteiger partial charge in [-0.3, -0.25) is 0 Å². The summed E-state index contributed by atoms with van der Waals surface area (Å²) >= 11 is 0. The summed E-state index contributed by atoms with van der Waals surface area (Å²) in [6.45, 7) is 4.75. The first kappa shape index (κ1) is 9.11. The summed E-state index contributed by atoms with van der Waals surface area (Å²) in [6.07, 6.45) is 10.7. The van der Waals surface area contributed by atoms with Gasteiger partial charge >= 0.3 is 0 Å². The Hall–Kier alpha value is -0.460. The molecule has 0 amide bonds. The molecule has 74 valence electrons. The van der Waals surface area contributed by atoms with Crippen LogP contribution < -0.4 is 0 Å². The van der Waals surface area contributed by atoms with Crippen molar-refractivity contribution in [2.45, 2.75) is 64.5 Å². The molecule has 0 aromatic heterocycles. The molecule has 1 nitrogen and oxygen atoms in total. The Bertz CT molecular complexity index is 197. The van der Waals surface area contributed by atoms with E-state index in [1.165, 1.54) is 38.5 Å². The average molecular weight is 179 g/mol. The zero-order chi connectivity index (χ0) is 9.26. The van der Waals surface area contributed by atoms with Crippen LogP contribution >= 0.6 is 0 Å². The molecular weight excluding hydrogens is 158 g/mol. The van der Waals surface area contributed by atoms with Crippen LogP contribution in [0.3, 0.4) is 0 Å². The Morgan fingerprint density at radius 2 is 1.85 bits per heavy atom. The van der Waals surface area contributed by atoms with Crippen LogP contribution in [0.1, 0.15) is 52.4 Å². The van der Waals surface area contributed by atoms with Gasteiger partial charge in [0.1, 0.15) is 0 Å². The predicted molar refractivity (Wildman–Crippen MR) is 56.5 cm³/mol. The summed E-state index contributed by atoms with van der Waals surface area (Å²) in [5.41, 5.74) is 1.64. The molecule has 1 aliphatic carbocycles. The fraction of sp³-hybridized carbons (Fsp3) is 0.833. The number of hydrogen-bond acceptors (Lipinski definition) is 1. The Morgan fingerprint density at radius 1 is 1.15 bits per heavy atom. The largest absolute Gasteiger partial charge is 0.370 e. The van der Waals surface area contributed by atoms with E-state index in [1.54, 1.807) is 5.70 Å². The number of allylic oxidation sites excluding steroid dienone is 2. The molecular formula is C12H21N. The molecule has 1 heterocycles. The highest BCUT2D eigenvalue weighted by Gasteiger charge is 2.28. The summed E-state index contributed by atoms with van der Waals surface area (Å²) in [5, 5.41) is 0. The highest BCUT2D eigenvalue weighted by atomic mass is 15.2. The van der Waals surface area contributed by atoms with Crippen LogP contribution in [0.5, 0.6) is 0 Å². The van der Waals surface area contributed by atoms with E-state index < -0.39 is 0 Å². The molecule has 1 saturated heterocycles. The van der Waals surface area contributed by atoms with Crippen LogP contribution in [0.15, 0.2) is 11.8 Å². The van der Waals surface area contributed by atoms with Crippen molar-refractivity contribution in [2.75, 3.05) is 0 Å². The maximum Gasteiger partial charge on any atom is 0.0262 e. The van der Waals surface area contributed by atoms with E-state index in [0.29, 0.717) is 0 Å². The first-order valence-electron chi connectivity index (χ1n) is 5.76. The Kier molecular flexibility index (Phi) is 2.61. The second-order valence-electron chi connectivity index (χ2n) is 4.62. The third-order valence-corrected chi connectivity index (χ3v) is 3.55. The molecule has 0 bridgehead atoms. The summed E-state index contributed by atoms with van der Waals surface area (Å²) < 4.78 is 0. The molecule has 0 N–H and O–H groups in total.